The number of aliphatic carboxylic acids is 1. The fourth-order valence-electron chi connectivity index (χ4n) is 3.56. The van der Waals surface area contributed by atoms with E-state index in [1.807, 2.05) is 18.2 Å². The first-order valence-electron chi connectivity index (χ1n) is 10.4. The van der Waals surface area contributed by atoms with Crippen LogP contribution < -0.4 is 0 Å². The first-order chi connectivity index (χ1) is 13.0. The molecule has 0 aromatic carbocycles. The molecule has 4 unspecified atom stereocenters. The van der Waals surface area contributed by atoms with Gasteiger partial charge >= 0.3 is 5.97 Å². The van der Waals surface area contributed by atoms with Gasteiger partial charge in [0.1, 0.15) is 5.78 Å². The van der Waals surface area contributed by atoms with E-state index in [9.17, 15) is 19.8 Å². The van der Waals surface area contributed by atoms with E-state index in [0.717, 1.165) is 38.5 Å². The third kappa shape index (κ3) is 9.87. The summed E-state index contributed by atoms with van der Waals surface area (Å²) in [5.74, 6) is -1.11. The number of carbonyl (C=O) groups is 2. The van der Waals surface area contributed by atoms with Crippen LogP contribution in [0, 0.1) is 11.8 Å². The Bertz CT molecular complexity index is 497. The predicted octanol–water partition coefficient (Wildman–Crippen LogP) is 4.03. The Balaban J connectivity index is 2.39. The average molecular weight is 381 g/mol. The molecule has 0 amide bonds. The standard InChI is InChI=1S/C22H36O5/c1-2-3-8-11-17(23)14-15-19-18(20(24)16-21(19)25)12-9-6-4-5-7-10-13-22(26)27/h6,9,14-15,17-19,21,23,25H,2-5,7-8,10-13,16H2,1H3,(H,26,27). The number of unbranched alkanes of at least 4 members (excludes halogenated alkanes) is 5. The molecule has 0 radical (unpaired) electrons. The zero-order valence-electron chi connectivity index (χ0n) is 16.6. The maximum atomic E-state index is 12.2. The number of aliphatic hydroxyl groups is 2. The lowest BCUT2D eigenvalue weighted by atomic mass is 9.90. The maximum Gasteiger partial charge on any atom is 0.303 e. The smallest absolute Gasteiger partial charge is 0.303 e. The van der Waals surface area contributed by atoms with Crippen molar-refractivity contribution in [2.75, 3.05) is 0 Å². The summed E-state index contributed by atoms with van der Waals surface area (Å²) in [6, 6.07) is 0. The lowest BCUT2D eigenvalue weighted by Gasteiger charge is -2.16. The van der Waals surface area contributed by atoms with E-state index < -0.39 is 18.2 Å². The Labute approximate surface area is 163 Å². The van der Waals surface area contributed by atoms with Gasteiger partial charge in [-0.2, -0.15) is 0 Å². The number of allylic oxidation sites excluding steroid dienone is 2. The van der Waals surface area contributed by atoms with Gasteiger partial charge < -0.3 is 15.3 Å². The summed E-state index contributed by atoms with van der Waals surface area (Å²) < 4.78 is 0. The van der Waals surface area contributed by atoms with Gasteiger partial charge in [0.2, 0.25) is 0 Å². The van der Waals surface area contributed by atoms with Crippen LogP contribution in [0.5, 0.6) is 0 Å². The van der Waals surface area contributed by atoms with E-state index >= 15 is 0 Å². The third-order valence-electron chi connectivity index (χ3n) is 5.21. The predicted molar refractivity (Wildman–Crippen MR) is 106 cm³/mol. The van der Waals surface area contributed by atoms with Crippen LogP contribution in [0.2, 0.25) is 0 Å². The van der Waals surface area contributed by atoms with Crippen LogP contribution in [0.1, 0.15) is 77.6 Å². The fraction of sp³-hybridized carbons (Fsp3) is 0.727. The van der Waals surface area contributed by atoms with Crippen LogP contribution in [-0.4, -0.2) is 39.3 Å². The molecule has 154 valence electrons. The molecule has 0 bridgehead atoms. The highest BCUT2D eigenvalue weighted by atomic mass is 16.4. The molecule has 1 fully saturated rings. The van der Waals surface area contributed by atoms with Gasteiger partial charge in [0, 0.05) is 24.7 Å². The minimum Gasteiger partial charge on any atom is -0.481 e. The molecule has 5 nitrogen and oxygen atoms in total. The number of ketones is 1. The van der Waals surface area contributed by atoms with Gasteiger partial charge in [-0.05, 0) is 32.1 Å². The Hall–Kier alpha value is -1.46. The first-order valence-corrected chi connectivity index (χ1v) is 10.4. The molecule has 0 aromatic heterocycles. The number of carboxylic acids is 1. The maximum absolute atomic E-state index is 12.2. The first kappa shape index (κ1) is 23.6. The van der Waals surface area contributed by atoms with Gasteiger partial charge in [-0.1, -0.05) is 56.9 Å². The largest absolute Gasteiger partial charge is 0.481 e. The number of carbonyl (C=O) groups excluding carboxylic acids is 1. The summed E-state index contributed by atoms with van der Waals surface area (Å²) in [6.45, 7) is 2.12. The second-order valence-electron chi connectivity index (χ2n) is 7.57. The van der Waals surface area contributed by atoms with Crippen molar-refractivity contribution >= 4 is 11.8 Å². The number of hydrogen-bond donors (Lipinski definition) is 3. The molecule has 27 heavy (non-hydrogen) atoms. The van der Waals surface area contributed by atoms with Crippen molar-refractivity contribution in [2.24, 2.45) is 11.8 Å². The number of carboxylic acid groups (broad SMARTS) is 1. The monoisotopic (exact) mass is 380 g/mol. The molecule has 1 aliphatic carbocycles. The molecule has 5 heteroatoms. The van der Waals surface area contributed by atoms with E-state index in [0.29, 0.717) is 19.3 Å². The topological polar surface area (TPSA) is 94.8 Å². The molecule has 0 aliphatic heterocycles. The van der Waals surface area contributed by atoms with Crippen molar-refractivity contribution in [3.63, 3.8) is 0 Å². The lowest BCUT2D eigenvalue weighted by molar-refractivity contribution is -0.137. The van der Waals surface area contributed by atoms with Crippen LogP contribution in [0.3, 0.4) is 0 Å². The molecule has 1 aliphatic rings. The Kier molecular flexibility index (Phi) is 11.9. The van der Waals surface area contributed by atoms with Crippen molar-refractivity contribution < 1.29 is 24.9 Å². The quantitative estimate of drug-likeness (QED) is 0.312. The number of rotatable bonds is 14. The Morgan fingerprint density at radius 3 is 2.67 bits per heavy atom. The number of Topliss-reactive ketones (excluding diaryl/α,β-unsaturated/α-hetero) is 1. The molecule has 1 rings (SSSR count). The van der Waals surface area contributed by atoms with Gasteiger partial charge in [0.05, 0.1) is 12.2 Å². The summed E-state index contributed by atoms with van der Waals surface area (Å²) in [5.41, 5.74) is 0. The zero-order chi connectivity index (χ0) is 20.1. The van der Waals surface area contributed by atoms with Gasteiger partial charge in [-0.3, -0.25) is 9.59 Å². The van der Waals surface area contributed by atoms with Crippen molar-refractivity contribution in [3.05, 3.63) is 24.3 Å². The van der Waals surface area contributed by atoms with E-state index in [1.165, 1.54) is 0 Å². The molecule has 3 N–H and O–H groups in total. The molecule has 1 saturated carbocycles. The van der Waals surface area contributed by atoms with Crippen LogP contribution >= 0.6 is 0 Å². The van der Waals surface area contributed by atoms with E-state index in [-0.39, 0.29) is 30.5 Å². The highest BCUT2D eigenvalue weighted by Crippen LogP contribution is 2.33. The Morgan fingerprint density at radius 2 is 1.96 bits per heavy atom. The van der Waals surface area contributed by atoms with E-state index in [1.54, 1.807) is 6.08 Å². The second kappa shape index (κ2) is 13.7. The number of aliphatic hydroxyl groups excluding tert-OH is 2. The van der Waals surface area contributed by atoms with Crippen LogP contribution in [0.15, 0.2) is 24.3 Å². The summed E-state index contributed by atoms with van der Waals surface area (Å²) >= 11 is 0. The second-order valence-corrected chi connectivity index (χ2v) is 7.57. The lowest BCUT2D eigenvalue weighted by Crippen LogP contribution is -2.18. The molecule has 0 spiro atoms. The van der Waals surface area contributed by atoms with Gasteiger partial charge in [-0.15, -0.1) is 0 Å². The summed E-state index contributed by atoms with van der Waals surface area (Å²) in [4.78, 5) is 22.6. The highest BCUT2D eigenvalue weighted by Gasteiger charge is 2.39. The summed E-state index contributed by atoms with van der Waals surface area (Å²) in [7, 11) is 0. The molecular weight excluding hydrogens is 344 g/mol. The summed E-state index contributed by atoms with van der Waals surface area (Å²) in [5, 5.41) is 28.8. The SMILES string of the molecule is CCCCCC(O)C=CC1C(O)CC(=O)C1CC=CCCCCCC(=O)O. The highest BCUT2D eigenvalue weighted by molar-refractivity contribution is 5.84. The van der Waals surface area contributed by atoms with Crippen molar-refractivity contribution in [2.45, 2.75) is 89.8 Å². The fourth-order valence-corrected chi connectivity index (χ4v) is 3.56. The Morgan fingerprint density at radius 1 is 1.19 bits per heavy atom. The van der Waals surface area contributed by atoms with Crippen molar-refractivity contribution in [1.82, 2.24) is 0 Å². The molecule has 0 saturated heterocycles. The number of hydrogen-bond acceptors (Lipinski definition) is 4. The van der Waals surface area contributed by atoms with Crippen LogP contribution in [-0.2, 0) is 9.59 Å². The minimum absolute atomic E-state index is 0.0868. The van der Waals surface area contributed by atoms with Gasteiger partial charge in [0.25, 0.3) is 0 Å². The van der Waals surface area contributed by atoms with Crippen molar-refractivity contribution in [3.8, 4) is 0 Å². The van der Waals surface area contributed by atoms with Gasteiger partial charge in [-0.25, -0.2) is 0 Å². The molecule has 4 atom stereocenters. The average Bonchev–Trinajstić information content (AvgIpc) is 2.88. The molecule has 0 aromatic rings. The van der Waals surface area contributed by atoms with E-state index in [4.69, 9.17) is 5.11 Å². The summed E-state index contributed by atoms with van der Waals surface area (Å²) in [6.07, 6.45) is 14.7. The van der Waals surface area contributed by atoms with Crippen LogP contribution in [0.25, 0.3) is 0 Å². The minimum atomic E-state index is -0.751. The van der Waals surface area contributed by atoms with Gasteiger partial charge in [0.15, 0.2) is 0 Å². The van der Waals surface area contributed by atoms with Crippen LogP contribution in [0.4, 0.5) is 0 Å². The molecule has 0 heterocycles. The molecular formula is C22H36O5. The van der Waals surface area contributed by atoms with Crippen molar-refractivity contribution in [1.29, 1.82) is 0 Å². The normalized spacial score (nSPS) is 24.3. The zero-order valence-corrected chi connectivity index (χ0v) is 16.6. The third-order valence-corrected chi connectivity index (χ3v) is 5.21. The van der Waals surface area contributed by atoms with E-state index in [2.05, 4.69) is 6.92 Å².